The van der Waals surface area contributed by atoms with Gasteiger partial charge in [0, 0.05) is 11.7 Å². The molecule has 0 aromatic heterocycles. The second-order valence-corrected chi connectivity index (χ2v) is 8.60. The number of rotatable bonds is 3. The highest BCUT2D eigenvalue weighted by Crippen LogP contribution is 2.48. The Labute approximate surface area is 130 Å². The average molecular weight is 311 g/mol. The van der Waals surface area contributed by atoms with Crippen LogP contribution in [-0.4, -0.2) is 39.1 Å². The lowest BCUT2D eigenvalue weighted by molar-refractivity contribution is -0.154. The molecule has 21 heavy (non-hydrogen) atoms. The lowest BCUT2D eigenvalue weighted by Gasteiger charge is -2.41. The molecular weight excluding hydrogens is 286 g/mol. The van der Waals surface area contributed by atoms with Gasteiger partial charge in [-0.1, -0.05) is 26.7 Å². The molecule has 3 aliphatic rings. The number of hydrogen-bond donors (Lipinski definition) is 1. The van der Waals surface area contributed by atoms with Crippen LogP contribution in [0.25, 0.3) is 0 Å². The third kappa shape index (κ3) is 2.81. The second kappa shape index (κ2) is 5.49. The van der Waals surface area contributed by atoms with Crippen molar-refractivity contribution in [3.05, 3.63) is 0 Å². The summed E-state index contributed by atoms with van der Waals surface area (Å²) in [6.45, 7) is 4.33. The fourth-order valence-corrected chi connectivity index (χ4v) is 5.51. The van der Waals surface area contributed by atoms with Gasteiger partial charge < -0.3 is 10.0 Å². The first-order valence-corrected chi connectivity index (χ1v) is 9.13. The van der Waals surface area contributed by atoms with E-state index in [1.165, 1.54) is 6.42 Å². The molecule has 0 spiro atoms. The third-order valence-electron chi connectivity index (χ3n) is 5.40. The first kappa shape index (κ1) is 15.2. The minimum atomic E-state index is -0.840. The molecule has 3 unspecified atom stereocenters. The fourth-order valence-electron chi connectivity index (χ4n) is 3.87. The van der Waals surface area contributed by atoms with Crippen LogP contribution in [0.2, 0.25) is 0 Å². The van der Waals surface area contributed by atoms with Crippen molar-refractivity contribution in [2.75, 3.05) is 5.75 Å². The molecule has 0 radical (unpaired) electrons. The predicted octanol–water partition coefficient (Wildman–Crippen LogP) is 2.97. The molecule has 4 nitrogen and oxygen atoms in total. The maximum absolute atomic E-state index is 13.1. The summed E-state index contributed by atoms with van der Waals surface area (Å²) in [7, 11) is 0. The van der Waals surface area contributed by atoms with Gasteiger partial charge in [-0.05, 0) is 37.0 Å². The summed E-state index contributed by atoms with van der Waals surface area (Å²) in [5, 5.41) is 9.58. The van der Waals surface area contributed by atoms with Crippen molar-refractivity contribution >= 4 is 23.6 Å². The third-order valence-corrected chi connectivity index (χ3v) is 6.87. The SMILES string of the molecule is CC1(C)CCCCC1C(=O)N1C(C(=O)O)CSC1C1CC1. The van der Waals surface area contributed by atoms with Gasteiger partial charge in [-0.25, -0.2) is 4.79 Å². The quantitative estimate of drug-likeness (QED) is 0.870. The number of carboxylic acids is 1. The van der Waals surface area contributed by atoms with Crippen molar-refractivity contribution in [2.45, 2.75) is 63.8 Å². The summed E-state index contributed by atoms with van der Waals surface area (Å²) in [4.78, 5) is 26.4. The molecule has 118 valence electrons. The van der Waals surface area contributed by atoms with E-state index < -0.39 is 12.0 Å². The predicted molar refractivity (Wildman–Crippen MR) is 83.0 cm³/mol. The van der Waals surface area contributed by atoms with Crippen molar-refractivity contribution in [2.24, 2.45) is 17.3 Å². The van der Waals surface area contributed by atoms with Gasteiger partial charge in [-0.3, -0.25) is 4.79 Å². The zero-order valence-electron chi connectivity index (χ0n) is 12.9. The van der Waals surface area contributed by atoms with E-state index in [4.69, 9.17) is 0 Å². The van der Waals surface area contributed by atoms with Gasteiger partial charge in [-0.2, -0.15) is 0 Å². The molecule has 0 aromatic carbocycles. The molecule has 3 rings (SSSR count). The highest BCUT2D eigenvalue weighted by molar-refractivity contribution is 8.00. The van der Waals surface area contributed by atoms with Crippen LogP contribution in [0.1, 0.15) is 52.4 Å². The van der Waals surface area contributed by atoms with Crippen LogP contribution in [0.5, 0.6) is 0 Å². The summed E-state index contributed by atoms with van der Waals surface area (Å²) in [5.41, 5.74) is -0.000254. The number of thioether (sulfide) groups is 1. The zero-order chi connectivity index (χ0) is 15.2. The summed E-state index contributed by atoms with van der Waals surface area (Å²) in [5.74, 6) is 0.333. The Morgan fingerprint density at radius 2 is 1.90 bits per heavy atom. The number of carbonyl (C=O) groups is 2. The van der Waals surface area contributed by atoms with Crippen LogP contribution in [0, 0.1) is 17.3 Å². The number of hydrogen-bond acceptors (Lipinski definition) is 3. The Bertz CT molecular complexity index is 447. The van der Waals surface area contributed by atoms with Crippen LogP contribution in [0.4, 0.5) is 0 Å². The molecule has 1 N–H and O–H groups in total. The van der Waals surface area contributed by atoms with Crippen molar-refractivity contribution < 1.29 is 14.7 Å². The molecule has 1 saturated heterocycles. The van der Waals surface area contributed by atoms with Gasteiger partial charge in [0.1, 0.15) is 6.04 Å². The van der Waals surface area contributed by atoms with Gasteiger partial charge in [-0.15, -0.1) is 11.8 Å². The van der Waals surface area contributed by atoms with E-state index in [0.717, 1.165) is 32.1 Å². The summed E-state index contributed by atoms with van der Waals surface area (Å²) >= 11 is 1.67. The highest BCUT2D eigenvalue weighted by Gasteiger charge is 2.51. The van der Waals surface area contributed by atoms with E-state index in [2.05, 4.69) is 13.8 Å². The molecule has 2 aliphatic carbocycles. The Morgan fingerprint density at radius 1 is 1.19 bits per heavy atom. The Morgan fingerprint density at radius 3 is 2.48 bits per heavy atom. The zero-order valence-corrected chi connectivity index (χ0v) is 13.7. The van der Waals surface area contributed by atoms with Gasteiger partial charge >= 0.3 is 5.97 Å². The maximum atomic E-state index is 13.1. The van der Waals surface area contributed by atoms with E-state index in [9.17, 15) is 14.7 Å². The van der Waals surface area contributed by atoms with E-state index in [0.29, 0.717) is 11.7 Å². The first-order valence-electron chi connectivity index (χ1n) is 8.08. The second-order valence-electron chi connectivity index (χ2n) is 7.45. The lowest BCUT2D eigenvalue weighted by atomic mass is 9.68. The minimum absolute atomic E-state index is 0.000254. The highest BCUT2D eigenvalue weighted by atomic mass is 32.2. The van der Waals surface area contributed by atoms with Crippen molar-refractivity contribution in [1.82, 2.24) is 4.90 Å². The van der Waals surface area contributed by atoms with Crippen LogP contribution >= 0.6 is 11.8 Å². The fraction of sp³-hybridized carbons (Fsp3) is 0.875. The smallest absolute Gasteiger partial charge is 0.327 e. The molecule has 3 fully saturated rings. The number of carbonyl (C=O) groups excluding carboxylic acids is 1. The Balaban J connectivity index is 1.83. The lowest BCUT2D eigenvalue weighted by Crippen LogP contribution is -2.51. The summed E-state index contributed by atoms with van der Waals surface area (Å²) in [6.07, 6.45) is 6.53. The topological polar surface area (TPSA) is 57.6 Å². The van der Waals surface area contributed by atoms with Gasteiger partial charge in [0.15, 0.2) is 0 Å². The molecule has 1 heterocycles. The normalized spacial score (nSPS) is 35.7. The molecule has 0 bridgehead atoms. The van der Waals surface area contributed by atoms with Crippen molar-refractivity contribution in [3.8, 4) is 0 Å². The van der Waals surface area contributed by atoms with E-state index >= 15 is 0 Å². The number of amides is 1. The number of carboxylic acid groups (broad SMARTS) is 1. The maximum Gasteiger partial charge on any atom is 0.327 e. The standard InChI is InChI=1S/C16H25NO3S/c1-16(2)8-4-3-5-11(16)13(18)17-12(15(19)20)9-21-14(17)10-6-7-10/h10-12,14H,3-9H2,1-2H3,(H,19,20). The van der Waals surface area contributed by atoms with Crippen LogP contribution in [0.3, 0.4) is 0 Å². The Kier molecular flexibility index (Phi) is 3.97. The largest absolute Gasteiger partial charge is 0.480 e. The Hall–Kier alpha value is -0.710. The molecule has 5 heteroatoms. The number of aliphatic carboxylic acids is 1. The van der Waals surface area contributed by atoms with E-state index in [-0.39, 0.29) is 22.6 Å². The minimum Gasteiger partial charge on any atom is -0.480 e. The van der Waals surface area contributed by atoms with E-state index in [1.54, 1.807) is 16.7 Å². The molecule has 1 aliphatic heterocycles. The van der Waals surface area contributed by atoms with Gasteiger partial charge in [0.2, 0.25) is 5.91 Å². The van der Waals surface area contributed by atoms with Crippen LogP contribution in [0.15, 0.2) is 0 Å². The molecule has 3 atom stereocenters. The van der Waals surface area contributed by atoms with Crippen molar-refractivity contribution in [1.29, 1.82) is 0 Å². The van der Waals surface area contributed by atoms with Crippen molar-refractivity contribution in [3.63, 3.8) is 0 Å². The van der Waals surface area contributed by atoms with Gasteiger partial charge in [0.25, 0.3) is 0 Å². The van der Waals surface area contributed by atoms with Crippen LogP contribution < -0.4 is 0 Å². The van der Waals surface area contributed by atoms with E-state index in [1.807, 2.05) is 0 Å². The molecule has 2 saturated carbocycles. The van der Waals surface area contributed by atoms with Gasteiger partial charge in [0.05, 0.1) is 5.37 Å². The summed E-state index contributed by atoms with van der Waals surface area (Å²) in [6, 6.07) is -0.620. The monoisotopic (exact) mass is 311 g/mol. The molecule has 0 aromatic rings. The molecule has 1 amide bonds. The molecular formula is C16H25NO3S. The average Bonchev–Trinajstić information content (AvgIpc) is 3.15. The summed E-state index contributed by atoms with van der Waals surface area (Å²) < 4.78 is 0. The van der Waals surface area contributed by atoms with Crippen LogP contribution in [-0.2, 0) is 9.59 Å². The first-order chi connectivity index (χ1) is 9.92. The number of nitrogens with zero attached hydrogens (tertiary/aromatic N) is 1.